The molecule has 1 atom stereocenters. The van der Waals surface area contributed by atoms with E-state index in [1.54, 1.807) is 17.0 Å². The first-order chi connectivity index (χ1) is 18.1. The molecule has 1 aliphatic rings. The molecule has 0 radical (unpaired) electrons. The van der Waals surface area contributed by atoms with Gasteiger partial charge in [0.2, 0.25) is 11.8 Å². The molecule has 5 nitrogen and oxygen atoms in total. The SMILES string of the molecule is O=C(NC1CCCC1)C(c1ccc(F)cc1)N(CCc1ccccc1)C(=O)Cc1c[nH]c2ccccc12. The zero-order valence-corrected chi connectivity index (χ0v) is 20.8. The van der Waals surface area contributed by atoms with Crippen molar-refractivity contribution in [1.82, 2.24) is 15.2 Å². The van der Waals surface area contributed by atoms with Gasteiger partial charge in [-0.05, 0) is 54.2 Å². The van der Waals surface area contributed by atoms with Gasteiger partial charge >= 0.3 is 0 Å². The number of nitrogens with one attached hydrogen (secondary N) is 2. The van der Waals surface area contributed by atoms with Gasteiger partial charge in [0.1, 0.15) is 11.9 Å². The van der Waals surface area contributed by atoms with Crippen LogP contribution in [0.25, 0.3) is 10.9 Å². The Balaban J connectivity index is 1.48. The third-order valence-electron chi connectivity index (χ3n) is 7.27. The number of aromatic amines is 1. The molecule has 0 spiro atoms. The molecular formula is C31H32FN3O2. The van der Waals surface area contributed by atoms with E-state index >= 15 is 0 Å². The van der Waals surface area contributed by atoms with E-state index < -0.39 is 6.04 Å². The van der Waals surface area contributed by atoms with E-state index in [1.807, 2.05) is 60.8 Å². The van der Waals surface area contributed by atoms with E-state index in [-0.39, 0.29) is 30.1 Å². The molecule has 2 N–H and O–H groups in total. The van der Waals surface area contributed by atoms with Crippen molar-refractivity contribution < 1.29 is 14.0 Å². The van der Waals surface area contributed by atoms with E-state index in [0.717, 1.165) is 47.7 Å². The molecule has 1 aliphatic carbocycles. The number of benzene rings is 3. The minimum Gasteiger partial charge on any atom is -0.361 e. The average Bonchev–Trinajstić information content (AvgIpc) is 3.58. The van der Waals surface area contributed by atoms with Gasteiger partial charge < -0.3 is 15.2 Å². The zero-order valence-electron chi connectivity index (χ0n) is 20.8. The van der Waals surface area contributed by atoms with Crippen molar-refractivity contribution in [3.63, 3.8) is 0 Å². The summed E-state index contributed by atoms with van der Waals surface area (Å²) in [5, 5.41) is 4.17. The van der Waals surface area contributed by atoms with Gasteiger partial charge in [-0.2, -0.15) is 0 Å². The van der Waals surface area contributed by atoms with Gasteiger partial charge in [-0.15, -0.1) is 0 Å². The highest BCUT2D eigenvalue weighted by atomic mass is 19.1. The second-order valence-electron chi connectivity index (χ2n) is 9.80. The normalized spacial score (nSPS) is 14.5. The highest BCUT2D eigenvalue weighted by Crippen LogP contribution is 2.27. The van der Waals surface area contributed by atoms with Crippen LogP contribution in [0.15, 0.2) is 85.1 Å². The molecule has 0 saturated heterocycles. The Kier molecular flexibility index (Phi) is 7.64. The summed E-state index contributed by atoms with van der Waals surface area (Å²) in [5.41, 5.74) is 3.55. The number of fused-ring (bicyclic) bond motifs is 1. The van der Waals surface area contributed by atoms with Crippen LogP contribution in [0.5, 0.6) is 0 Å². The van der Waals surface area contributed by atoms with E-state index in [2.05, 4.69) is 10.3 Å². The summed E-state index contributed by atoms with van der Waals surface area (Å²) in [6.45, 7) is 0.366. The van der Waals surface area contributed by atoms with Crippen molar-refractivity contribution >= 4 is 22.7 Å². The second-order valence-corrected chi connectivity index (χ2v) is 9.80. The number of halogens is 1. The summed E-state index contributed by atoms with van der Waals surface area (Å²) in [7, 11) is 0. The highest BCUT2D eigenvalue weighted by Gasteiger charge is 2.33. The van der Waals surface area contributed by atoms with Gasteiger partial charge in [0.15, 0.2) is 0 Å². The maximum absolute atomic E-state index is 14.0. The predicted octanol–water partition coefficient (Wildman–Crippen LogP) is 5.72. The third-order valence-corrected chi connectivity index (χ3v) is 7.27. The van der Waals surface area contributed by atoms with E-state index in [9.17, 15) is 14.0 Å². The van der Waals surface area contributed by atoms with E-state index in [1.165, 1.54) is 12.1 Å². The van der Waals surface area contributed by atoms with Crippen LogP contribution >= 0.6 is 0 Å². The maximum atomic E-state index is 14.0. The standard InChI is InChI=1S/C31H32FN3O2/c32-25-16-14-23(15-17-25)30(31(37)34-26-10-4-5-11-26)35(19-18-22-8-2-1-3-9-22)29(36)20-24-21-33-28-13-7-6-12-27(24)28/h1-3,6-9,12-17,21,26,30,33H,4-5,10-11,18-20H2,(H,34,37). The molecule has 6 heteroatoms. The largest absolute Gasteiger partial charge is 0.361 e. The van der Waals surface area contributed by atoms with Crippen LogP contribution in [0.4, 0.5) is 4.39 Å². The quantitative estimate of drug-likeness (QED) is 0.311. The number of hydrogen-bond acceptors (Lipinski definition) is 2. The third kappa shape index (κ3) is 5.91. The molecule has 4 aromatic rings. The molecule has 1 saturated carbocycles. The summed E-state index contributed by atoms with van der Waals surface area (Å²) in [6.07, 6.45) is 6.68. The van der Waals surface area contributed by atoms with Crippen LogP contribution < -0.4 is 5.32 Å². The Hall–Kier alpha value is -3.93. The van der Waals surface area contributed by atoms with Crippen LogP contribution in [0, 0.1) is 5.82 Å². The molecule has 1 fully saturated rings. The van der Waals surface area contributed by atoms with Crippen molar-refractivity contribution in [1.29, 1.82) is 0 Å². The molecule has 0 aliphatic heterocycles. The number of nitrogens with zero attached hydrogens (tertiary/aromatic N) is 1. The molecular weight excluding hydrogens is 465 g/mol. The van der Waals surface area contributed by atoms with Crippen LogP contribution in [0.1, 0.15) is 48.4 Å². The number of para-hydroxylation sites is 1. The van der Waals surface area contributed by atoms with E-state index in [4.69, 9.17) is 0 Å². The Morgan fingerprint density at radius 2 is 1.65 bits per heavy atom. The number of rotatable bonds is 9. The van der Waals surface area contributed by atoms with Crippen LogP contribution in [-0.4, -0.2) is 34.3 Å². The summed E-state index contributed by atoms with van der Waals surface area (Å²) in [6, 6.07) is 23.0. The number of carbonyl (C=O) groups excluding carboxylic acids is 2. The summed E-state index contributed by atoms with van der Waals surface area (Å²) in [5.74, 6) is -0.727. The smallest absolute Gasteiger partial charge is 0.247 e. The lowest BCUT2D eigenvalue weighted by atomic mass is 10.0. The minimum absolute atomic E-state index is 0.107. The molecule has 37 heavy (non-hydrogen) atoms. The second kappa shape index (κ2) is 11.4. The number of carbonyl (C=O) groups is 2. The monoisotopic (exact) mass is 497 g/mol. The maximum Gasteiger partial charge on any atom is 0.247 e. The molecule has 1 heterocycles. The lowest BCUT2D eigenvalue weighted by Gasteiger charge is -2.32. The summed E-state index contributed by atoms with van der Waals surface area (Å²) < 4.78 is 13.8. The molecule has 0 bridgehead atoms. The Bertz CT molecular complexity index is 1340. The first kappa shape index (κ1) is 24.8. The molecule has 3 aromatic carbocycles. The van der Waals surface area contributed by atoms with E-state index in [0.29, 0.717) is 18.5 Å². The number of H-pyrrole nitrogens is 1. The number of aromatic nitrogens is 1. The van der Waals surface area contributed by atoms with Crippen molar-refractivity contribution in [2.75, 3.05) is 6.54 Å². The fraction of sp³-hybridized carbons (Fsp3) is 0.290. The zero-order chi connectivity index (χ0) is 25.6. The van der Waals surface area contributed by atoms with Crippen molar-refractivity contribution in [3.8, 4) is 0 Å². The van der Waals surface area contributed by atoms with Gasteiger partial charge in [-0.1, -0.05) is 73.5 Å². The van der Waals surface area contributed by atoms with Gasteiger partial charge in [0.25, 0.3) is 0 Å². The Morgan fingerprint density at radius 1 is 0.946 bits per heavy atom. The number of amides is 2. The van der Waals surface area contributed by atoms with Gasteiger partial charge in [0, 0.05) is 29.7 Å². The van der Waals surface area contributed by atoms with Crippen LogP contribution in [0.2, 0.25) is 0 Å². The topological polar surface area (TPSA) is 65.2 Å². The van der Waals surface area contributed by atoms with Gasteiger partial charge in [0.05, 0.1) is 6.42 Å². The Labute approximate surface area is 216 Å². The first-order valence-electron chi connectivity index (χ1n) is 13.0. The lowest BCUT2D eigenvalue weighted by Crippen LogP contribution is -2.47. The lowest BCUT2D eigenvalue weighted by molar-refractivity contribution is -0.140. The van der Waals surface area contributed by atoms with Gasteiger partial charge in [-0.3, -0.25) is 9.59 Å². The Morgan fingerprint density at radius 3 is 2.41 bits per heavy atom. The summed E-state index contributed by atoms with van der Waals surface area (Å²) >= 11 is 0. The van der Waals surface area contributed by atoms with Crippen LogP contribution in [0.3, 0.4) is 0 Å². The van der Waals surface area contributed by atoms with Crippen molar-refractivity contribution in [2.24, 2.45) is 0 Å². The molecule has 5 rings (SSSR count). The van der Waals surface area contributed by atoms with Gasteiger partial charge in [-0.25, -0.2) is 4.39 Å². The molecule has 2 amide bonds. The molecule has 190 valence electrons. The number of hydrogen-bond donors (Lipinski definition) is 2. The first-order valence-corrected chi connectivity index (χ1v) is 13.0. The predicted molar refractivity (Wildman–Crippen MR) is 143 cm³/mol. The highest BCUT2D eigenvalue weighted by molar-refractivity contribution is 5.92. The average molecular weight is 498 g/mol. The summed E-state index contributed by atoms with van der Waals surface area (Å²) in [4.78, 5) is 32.6. The molecule has 1 unspecified atom stereocenters. The van der Waals surface area contributed by atoms with Crippen molar-refractivity contribution in [2.45, 2.75) is 50.6 Å². The van der Waals surface area contributed by atoms with Crippen LogP contribution in [-0.2, 0) is 22.4 Å². The fourth-order valence-corrected chi connectivity index (χ4v) is 5.30. The minimum atomic E-state index is -0.845. The molecule has 1 aromatic heterocycles. The van der Waals surface area contributed by atoms with Crippen molar-refractivity contribution in [3.05, 3.63) is 108 Å². The fourth-order valence-electron chi connectivity index (χ4n) is 5.30.